The second kappa shape index (κ2) is 5.99. The molecule has 1 aromatic carbocycles. The summed E-state index contributed by atoms with van der Waals surface area (Å²) in [6, 6.07) is 6.35. The molecule has 0 radical (unpaired) electrons. The minimum Gasteiger partial charge on any atom is -0.496 e. The lowest BCUT2D eigenvalue weighted by atomic mass is 9.84. The van der Waals surface area contributed by atoms with Gasteiger partial charge >= 0.3 is 5.97 Å². The summed E-state index contributed by atoms with van der Waals surface area (Å²) in [6.07, 6.45) is 4.67. The topological polar surface area (TPSA) is 66.8 Å². The molecule has 1 aromatic rings. The number of para-hydroxylation sites is 1. The second-order valence-electron chi connectivity index (χ2n) is 6.11. The number of aliphatic carboxylic acids is 1. The van der Waals surface area contributed by atoms with E-state index >= 15 is 0 Å². The fraction of sp³-hybridized carbons (Fsp3) is 0.529. The quantitative estimate of drug-likeness (QED) is 0.932. The number of amides is 1. The largest absolute Gasteiger partial charge is 0.496 e. The number of carboxylic acids is 1. The van der Waals surface area contributed by atoms with Crippen molar-refractivity contribution in [3.05, 3.63) is 29.8 Å². The van der Waals surface area contributed by atoms with Gasteiger partial charge in [-0.15, -0.1) is 0 Å². The van der Waals surface area contributed by atoms with Crippen molar-refractivity contribution >= 4 is 11.9 Å². The lowest BCUT2D eigenvalue weighted by Crippen LogP contribution is -2.46. The number of fused-ring (bicyclic) bond motifs is 1. The first kappa shape index (κ1) is 14.9. The molecular weight excluding hydrogens is 282 g/mol. The number of hydrogen-bond donors (Lipinski definition) is 1. The van der Waals surface area contributed by atoms with Gasteiger partial charge in [0.05, 0.1) is 12.7 Å². The summed E-state index contributed by atoms with van der Waals surface area (Å²) in [7, 11) is 1.52. The summed E-state index contributed by atoms with van der Waals surface area (Å²) < 4.78 is 5.26. The fourth-order valence-electron chi connectivity index (χ4n) is 3.93. The molecule has 3 atom stereocenters. The number of carbonyl (C=O) groups is 2. The van der Waals surface area contributed by atoms with Gasteiger partial charge in [0.1, 0.15) is 11.8 Å². The molecule has 118 valence electrons. The Kier molecular flexibility index (Phi) is 4.05. The van der Waals surface area contributed by atoms with Gasteiger partial charge in [0, 0.05) is 6.04 Å². The molecule has 22 heavy (non-hydrogen) atoms. The first-order chi connectivity index (χ1) is 10.6. The van der Waals surface area contributed by atoms with Gasteiger partial charge in [0.25, 0.3) is 5.91 Å². The molecule has 3 rings (SSSR count). The summed E-state index contributed by atoms with van der Waals surface area (Å²) in [5.41, 5.74) is 0.447. The minimum absolute atomic E-state index is 0.0484. The van der Waals surface area contributed by atoms with E-state index in [1.165, 1.54) is 7.11 Å². The van der Waals surface area contributed by atoms with Gasteiger partial charge in [-0.25, -0.2) is 4.79 Å². The van der Waals surface area contributed by atoms with E-state index in [2.05, 4.69) is 0 Å². The Morgan fingerprint density at radius 2 is 1.95 bits per heavy atom. The standard InChI is InChI=1S/C17H21NO4/c1-22-15-9-5-3-7-12(15)16(19)18-13-8-4-2-6-11(13)10-14(18)17(20)21/h3,5,7,9,11,13-14H,2,4,6,8,10H2,1H3,(H,20,21)/t11-,13-,14+/m0/s1. The SMILES string of the molecule is COc1ccccc1C(=O)N1[C@@H](C(=O)O)C[C@@H]2CCCC[C@@H]21. The highest BCUT2D eigenvalue weighted by Gasteiger charge is 2.48. The van der Waals surface area contributed by atoms with Crippen LogP contribution in [0.1, 0.15) is 42.5 Å². The molecule has 2 fully saturated rings. The highest BCUT2D eigenvalue weighted by molar-refractivity contribution is 5.99. The number of rotatable bonds is 3. The van der Waals surface area contributed by atoms with Crippen molar-refractivity contribution in [1.29, 1.82) is 0 Å². The summed E-state index contributed by atoms with van der Waals surface area (Å²) in [6.45, 7) is 0. The lowest BCUT2D eigenvalue weighted by molar-refractivity contribution is -0.141. The second-order valence-corrected chi connectivity index (χ2v) is 6.11. The third-order valence-corrected chi connectivity index (χ3v) is 4.94. The number of likely N-dealkylation sites (tertiary alicyclic amines) is 1. The Hall–Kier alpha value is -2.04. The highest BCUT2D eigenvalue weighted by Crippen LogP contribution is 2.41. The zero-order valence-corrected chi connectivity index (χ0v) is 12.7. The monoisotopic (exact) mass is 303 g/mol. The minimum atomic E-state index is -0.905. The van der Waals surface area contributed by atoms with Crippen LogP contribution in [0.5, 0.6) is 5.75 Å². The molecule has 0 aromatic heterocycles. The summed E-state index contributed by atoms with van der Waals surface area (Å²) in [5.74, 6) is -0.318. The van der Waals surface area contributed by atoms with E-state index in [4.69, 9.17) is 4.74 Å². The number of methoxy groups -OCH3 is 1. The molecule has 5 heteroatoms. The van der Waals surface area contributed by atoms with Crippen LogP contribution in [0.3, 0.4) is 0 Å². The van der Waals surface area contributed by atoms with Crippen molar-refractivity contribution in [2.24, 2.45) is 5.92 Å². The van der Waals surface area contributed by atoms with Gasteiger partial charge in [-0.05, 0) is 37.3 Å². The molecular formula is C17H21NO4. The van der Waals surface area contributed by atoms with E-state index in [1.807, 2.05) is 0 Å². The van der Waals surface area contributed by atoms with Crippen molar-refractivity contribution < 1.29 is 19.4 Å². The smallest absolute Gasteiger partial charge is 0.326 e. The molecule has 1 saturated heterocycles. The summed E-state index contributed by atoms with van der Waals surface area (Å²) in [4.78, 5) is 26.2. The predicted molar refractivity (Wildman–Crippen MR) is 81.0 cm³/mol. The molecule has 1 saturated carbocycles. The maximum atomic E-state index is 13.0. The molecule has 1 amide bonds. The average molecular weight is 303 g/mol. The number of nitrogens with zero attached hydrogens (tertiary/aromatic N) is 1. The summed E-state index contributed by atoms with van der Waals surface area (Å²) in [5, 5.41) is 9.53. The Morgan fingerprint density at radius 3 is 2.68 bits per heavy atom. The van der Waals surface area contributed by atoms with Crippen molar-refractivity contribution in [2.75, 3.05) is 7.11 Å². The number of benzene rings is 1. The first-order valence-corrected chi connectivity index (χ1v) is 7.82. The number of ether oxygens (including phenoxy) is 1. The van der Waals surface area contributed by atoms with E-state index in [0.29, 0.717) is 23.7 Å². The highest BCUT2D eigenvalue weighted by atomic mass is 16.5. The molecule has 1 heterocycles. The van der Waals surface area contributed by atoms with Gasteiger partial charge < -0.3 is 14.7 Å². The van der Waals surface area contributed by atoms with Crippen LogP contribution in [-0.2, 0) is 4.79 Å². The van der Waals surface area contributed by atoms with Crippen molar-refractivity contribution in [1.82, 2.24) is 4.90 Å². The van der Waals surface area contributed by atoms with Crippen LogP contribution in [-0.4, -0.2) is 41.1 Å². The lowest BCUT2D eigenvalue weighted by Gasteiger charge is -2.33. The Morgan fingerprint density at radius 1 is 1.23 bits per heavy atom. The molecule has 2 aliphatic rings. The van der Waals surface area contributed by atoms with E-state index in [-0.39, 0.29) is 11.9 Å². The van der Waals surface area contributed by atoms with Crippen molar-refractivity contribution in [2.45, 2.75) is 44.2 Å². The maximum Gasteiger partial charge on any atom is 0.326 e. The molecule has 5 nitrogen and oxygen atoms in total. The average Bonchev–Trinajstić information content (AvgIpc) is 2.94. The van der Waals surface area contributed by atoms with Gasteiger partial charge in [0.2, 0.25) is 0 Å². The van der Waals surface area contributed by atoms with Crippen LogP contribution in [0.15, 0.2) is 24.3 Å². The van der Waals surface area contributed by atoms with E-state index < -0.39 is 12.0 Å². The molecule has 0 bridgehead atoms. The molecule has 1 aliphatic heterocycles. The van der Waals surface area contributed by atoms with E-state index in [0.717, 1.165) is 25.7 Å². The first-order valence-electron chi connectivity index (χ1n) is 7.82. The van der Waals surface area contributed by atoms with Gasteiger partial charge in [-0.1, -0.05) is 25.0 Å². The maximum absolute atomic E-state index is 13.0. The van der Waals surface area contributed by atoms with Crippen LogP contribution >= 0.6 is 0 Å². The van der Waals surface area contributed by atoms with Crippen molar-refractivity contribution in [3.63, 3.8) is 0 Å². The predicted octanol–water partition coefficient (Wildman–Crippen LogP) is 2.55. The Labute approximate surface area is 129 Å². The molecule has 0 spiro atoms. The zero-order valence-electron chi connectivity index (χ0n) is 12.7. The number of carboxylic acid groups (broad SMARTS) is 1. The summed E-state index contributed by atoms with van der Waals surface area (Å²) >= 11 is 0. The molecule has 1 N–H and O–H groups in total. The zero-order chi connectivity index (χ0) is 15.7. The van der Waals surface area contributed by atoms with Crippen LogP contribution in [0.4, 0.5) is 0 Å². The van der Waals surface area contributed by atoms with E-state index in [9.17, 15) is 14.7 Å². The molecule has 1 aliphatic carbocycles. The third-order valence-electron chi connectivity index (χ3n) is 4.94. The van der Waals surface area contributed by atoms with Gasteiger partial charge in [-0.3, -0.25) is 4.79 Å². The van der Waals surface area contributed by atoms with Crippen molar-refractivity contribution in [3.8, 4) is 5.75 Å². The van der Waals surface area contributed by atoms with E-state index in [1.54, 1.807) is 29.2 Å². The Bertz CT molecular complexity index is 586. The van der Waals surface area contributed by atoms with Crippen LogP contribution in [0.2, 0.25) is 0 Å². The third kappa shape index (κ3) is 2.45. The Balaban J connectivity index is 1.95. The van der Waals surface area contributed by atoms with Crippen LogP contribution < -0.4 is 4.74 Å². The number of hydrogen-bond acceptors (Lipinski definition) is 3. The fourth-order valence-corrected chi connectivity index (χ4v) is 3.93. The number of carbonyl (C=O) groups excluding carboxylic acids is 1. The normalized spacial score (nSPS) is 27.3. The van der Waals surface area contributed by atoms with Gasteiger partial charge in [-0.2, -0.15) is 0 Å². The molecule has 0 unspecified atom stereocenters. The van der Waals surface area contributed by atoms with Gasteiger partial charge in [0.15, 0.2) is 0 Å². The van der Waals surface area contributed by atoms with Crippen LogP contribution in [0, 0.1) is 5.92 Å². The van der Waals surface area contributed by atoms with Crippen LogP contribution in [0.25, 0.3) is 0 Å².